The van der Waals surface area contributed by atoms with Crippen molar-refractivity contribution in [2.75, 3.05) is 0 Å². The zero-order chi connectivity index (χ0) is 14.7. The highest BCUT2D eigenvalue weighted by Crippen LogP contribution is 2.33. The maximum Gasteiger partial charge on any atom is 0.176 e. The predicted octanol–water partition coefficient (Wildman–Crippen LogP) is 4.02. The fraction of sp³-hybridized carbons (Fsp3) is 0. The van der Waals surface area contributed by atoms with Crippen LogP contribution in [0.3, 0.4) is 0 Å². The van der Waals surface area contributed by atoms with E-state index in [0.29, 0.717) is 5.02 Å². The van der Waals surface area contributed by atoms with E-state index < -0.39 is 11.7 Å². The monoisotopic (exact) mass is 314 g/mol. The highest BCUT2D eigenvalue weighted by molar-refractivity contribution is 6.35. The molecule has 2 aromatic rings. The first kappa shape index (κ1) is 14.4. The van der Waals surface area contributed by atoms with Gasteiger partial charge in [0.05, 0.1) is 10.6 Å². The number of hydrogen-bond acceptors (Lipinski definition) is 3. The fourth-order valence-corrected chi connectivity index (χ4v) is 2.01. The molecular formula is C13H9Cl2FN2O2. The number of halogens is 3. The van der Waals surface area contributed by atoms with Crippen LogP contribution in [-0.2, 0) is 0 Å². The lowest BCUT2D eigenvalue weighted by atomic mass is 10.1. The first-order valence-corrected chi connectivity index (χ1v) is 6.18. The van der Waals surface area contributed by atoms with Gasteiger partial charge in [-0.3, -0.25) is 0 Å². The zero-order valence-corrected chi connectivity index (χ0v) is 11.5. The summed E-state index contributed by atoms with van der Waals surface area (Å²) in [5, 5.41) is 12.2. The van der Waals surface area contributed by atoms with Gasteiger partial charge >= 0.3 is 0 Å². The maximum absolute atomic E-state index is 13.7. The van der Waals surface area contributed by atoms with E-state index in [9.17, 15) is 4.39 Å². The van der Waals surface area contributed by atoms with Crippen molar-refractivity contribution in [2.24, 2.45) is 10.9 Å². The summed E-state index contributed by atoms with van der Waals surface area (Å²) < 4.78 is 19.2. The number of oxime groups is 1. The van der Waals surface area contributed by atoms with E-state index in [-0.39, 0.29) is 22.1 Å². The number of rotatable bonds is 3. The van der Waals surface area contributed by atoms with E-state index in [4.69, 9.17) is 38.9 Å². The van der Waals surface area contributed by atoms with Crippen molar-refractivity contribution >= 4 is 29.0 Å². The van der Waals surface area contributed by atoms with Gasteiger partial charge in [0.25, 0.3) is 0 Å². The lowest BCUT2D eigenvalue weighted by molar-refractivity contribution is 0.318. The highest BCUT2D eigenvalue weighted by atomic mass is 35.5. The van der Waals surface area contributed by atoms with Gasteiger partial charge < -0.3 is 15.7 Å². The molecule has 3 N–H and O–H groups in total. The SMILES string of the molecule is NC(=NO)c1c(F)cccc1Oc1ccc(Cl)cc1Cl. The quantitative estimate of drug-likeness (QED) is 0.389. The summed E-state index contributed by atoms with van der Waals surface area (Å²) in [6, 6.07) is 8.67. The number of benzene rings is 2. The summed E-state index contributed by atoms with van der Waals surface area (Å²) in [7, 11) is 0. The second kappa shape index (κ2) is 5.98. The van der Waals surface area contributed by atoms with Gasteiger partial charge in [0.1, 0.15) is 17.3 Å². The molecule has 7 heteroatoms. The summed E-state index contributed by atoms with van der Waals surface area (Å²) in [5.41, 5.74) is 5.29. The third kappa shape index (κ3) is 2.95. The standard InChI is InChI=1S/C13H9Cl2FN2O2/c14-7-4-5-10(8(15)6-7)20-11-3-1-2-9(16)12(11)13(17)18-19/h1-6,19H,(H2,17,18). The molecule has 0 saturated heterocycles. The normalized spacial score (nSPS) is 11.4. The average molecular weight is 315 g/mol. The number of nitrogens with zero attached hydrogens (tertiary/aromatic N) is 1. The first-order valence-electron chi connectivity index (χ1n) is 5.42. The van der Waals surface area contributed by atoms with Gasteiger partial charge in [0.2, 0.25) is 0 Å². The van der Waals surface area contributed by atoms with Crippen LogP contribution in [0, 0.1) is 5.82 Å². The smallest absolute Gasteiger partial charge is 0.176 e. The highest BCUT2D eigenvalue weighted by Gasteiger charge is 2.16. The Hall–Kier alpha value is -1.98. The third-order valence-electron chi connectivity index (χ3n) is 2.45. The molecule has 20 heavy (non-hydrogen) atoms. The summed E-state index contributed by atoms with van der Waals surface area (Å²) in [4.78, 5) is 0. The van der Waals surface area contributed by atoms with Crippen LogP contribution in [0.15, 0.2) is 41.6 Å². The number of ether oxygens (including phenoxy) is 1. The van der Waals surface area contributed by atoms with Gasteiger partial charge in [-0.05, 0) is 30.3 Å². The number of amidine groups is 1. The van der Waals surface area contributed by atoms with E-state index in [1.54, 1.807) is 6.07 Å². The van der Waals surface area contributed by atoms with Crippen molar-refractivity contribution in [3.05, 3.63) is 57.8 Å². The third-order valence-corrected chi connectivity index (χ3v) is 2.98. The van der Waals surface area contributed by atoms with Gasteiger partial charge in [-0.1, -0.05) is 34.4 Å². The Morgan fingerprint density at radius 3 is 2.60 bits per heavy atom. The molecule has 0 atom stereocenters. The molecule has 0 heterocycles. The fourth-order valence-electron chi connectivity index (χ4n) is 1.56. The Labute approximate surface area is 124 Å². The molecule has 0 radical (unpaired) electrons. The van der Waals surface area contributed by atoms with E-state index in [1.807, 2.05) is 0 Å². The Kier molecular flexibility index (Phi) is 4.32. The minimum atomic E-state index is -0.678. The molecule has 0 aliphatic carbocycles. The molecular weight excluding hydrogens is 306 g/mol. The topological polar surface area (TPSA) is 67.8 Å². The molecule has 0 aliphatic heterocycles. The van der Waals surface area contributed by atoms with Gasteiger partial charge in [-0.15, -0.1) is 0 Å². The van der Waals surface area contributed by atoms with Crippen molar-refractivity contribution in [3.8, 4) is 11.5 Å². The van der Waals surface area contributed by atoms with Gasteiger partial charge in [-0.25, -0.2) is 4.39 Å². The van der Waals surface area contributed by atoms with Crippen LogP contribution < -0.4 is 10.5 Å². The molecule has 0 unspecified atom stereocenters. The van der Waals surface area contributed by atoms with Crippen molar-refractivity contribution in [1.29, 1.82) is 0 Å². The summed E-state index contributed by atoms with van der Waals surface area (Å²) in [5.74, 6) is -0.732. The second-order valence-electron chi connectivity index (χ2n) is 3.78. The summed E-state index contributed by atoms with van der Waals surface area (Å²) >= 11 is 11.7. The molecule has 0 bridgehead atoms. The van der Waals surface area contributed by atoms with Crippen molar-refractivity contribution in [2.45, 2.75) is 0 Å². The Morgan fingerprint density at radius 2 is 1.95 bits per heavy atom. The average Bonchev–Trinajstić information content (AvgIpc) is 2.41. The van der Waals surface area contributed by atoms with E-state index in [0.717, 1.165) is 0 Å². The van der Waals surface area contributed by atoms with Crippen LogP contribution in [0.2, 0.25) is 10.0 Å². The zero-order valence-electron chi connectivity index (χ0n) is 9.98. The molecule has 4 nitrogen and oxygen atoms in total. The van der Waals surface area contributed by atoms with Crippen molar-refractivity contribution in [3.63, 3.8) is 0 Å². The van der Waals surface area contributed by atoms with Crippen LogP contribution in [0.1, 0.15) is 5.56 Å². The molecule has 0 fully saturated rings. The Balaban J connectivity index is 2.46. The first-order chi connectivity index (χ1) is 9.52. The van der Waals surface area contributed by atoms with Crippen molar-refractivity contribution < 1.29 is 14.3 Å². The van der Waals surface area contributed by atoms with E-state index in [2.05, 4.69) is 5.16 Å². The van der Waals surface area contributed by atoms with Crippen LogP contribution in [0.4, 0.5) is 4.39 Å². The molecule has 0 aromatic heterocycles. The van der Waals surface area contributed by atoms with Crippen LogP contribution in [0.25, 0.3) is 0 Å². The molecule has 0 amide bonds. The van der Waals surface area contributed by atoms with Crippen LogP contribution in [-0.4, -0.2) is 11.0 Å². The second-order valence-corrected chi connectivity index (χ2v) is 4.62. The lowest BCUT2D eigenvalue weighted by Crippen LogP contribution is -2.16. The van der Waals surface area contributed by atoms with Crippen molar-refractivity contribution in [1.82, 2.24) is 0 Å². The van der Waals surface area contributed by atoms with Gasteiger partial charge in [-0.2, -0.15) is 0 Å². The number of nitrogens with two attached hydrogens (primary N) is 1. The summed E-state index contributed by atoms with van der Waals surface area (Å²) in [6.45, 7) is 0. The van der Waals surface area contributed by atoms with Crippen LogP contribution >= 0.6 is 23.2 Å². The van der Waals surface area contributed by atoms with E-state index in [1.165, 1.54) is 30.3 Å². The van der Waals surface area contributed by atoms with Gasteiger partial charge in [0.15, 0.2) is 5.84 Å². The lowest BCUT2D eigenvalue weighted by Gasteiger charge is -2.12. The minimum absolute atomic E-state index is 0.0736. The van der Waals surface area contributed by atoms with Gasteiger partial charge in [0, 0.05) is 5.02 Å². The van der Waals surface area contributed by atoms with E-state index >= 15 is 0 Å². The molecule has 2 aromatic carbocycles. The Bertz CT molecular complexity index is 677. The summed E-state index contributed by atoms with van der Waals surface area (Å²) in [6.07, 6.45) is 0. The molecule has 2 rings (SSSR count). The largest absolute Gasteiger partial charge is 0.455 e. The minimum Gasteiger partial charge on any atom is -0.455 e. The molecule has 0 spiro atoms. The molecule has 0 aliphatic rings. The van der Waals surface area contributed by atoms with Crippen LogP contribution in [0.5, 0.6) is 11.5 Å². The predicted molar refractivity (Wildman–Crippen MR) is 75.4 cm³/mol. The molecule has 0 saturated carbocycles. The Morgan fingerprint density at radius 1 is 1.20 bits per heavy atom. The molecule has 104 valence electrons. The number of hydrogen-bond donors (Lipinski definition) is 2. The maximum atomic E-state index is 13.7.